The number of benzene rings is 2. The van der Waals surface area contributed by atoms with Crippen LogP contribution < -0.4 is 4.90 Å². The maximum Gasteiger partial charge on any atom is 0.114 e. The number of hydrogen-bond acceptors (Lipinski definition) is 2. The van der Waals surface area contributed by atoms with Gasteiger partial charge in [0.25, 0.3) is 0 Å². The van der Waals surface area contributed by atoms with Gasteiger partial charge in [-0.3, -0.25) is 4.90 Å². The van der Waals surface area contributed by atoms with E-state index in [1.807, 2.05) is 0 Å². The Morgan fingerprint density at radius 1 is 1.00 bits per heavy atom. The summed E-state index contributed by atoms with van der Waals surface area (Å²) in [7, 11) is 0. The first kappa shape index (κ1) is 13.6. The van der Waals surface area contributed by atoms with Crippen LogP contribution in [0.2, 0.25) is 0 Å². The average molecular weight is 276 g/mol. The predicted octanol–water partition coefficient (Wildman–Crippen LogP) is 5.23. The summed E-state index contributed by atoms with van der Waals surface area (Å²) >= 11 is 0. The molecule has 21 heavy (non-hydrogen) atoms. The Hall–Kier alpha value is -2.35. The second-order valence-electron chi connectivity index (χ2n) is 5.42. The van der Waals surface area contributed by atoms with Gasteiger partial charge in [-0.2, -0.15) is 0 Å². The molecule has 106 valence electrons. The molecule has 3 rings (SSSR count). The van der Waals surface area contributed by atoms with Crippen molar-refractivity contribution in [3.05, 3.63) is 65.7 Å². The Kier molecular flexibility index (Phi) is 3.38. The molecule has 0 aromatic heterocycles. The molecular weight excluding hydrogens is 256 g/mol. The largest absolute Gasteiger partial charge is 0.298 e. The van der Waals surface area contributed by atoms with E-state index >= 15 is 0 Å². The third-order valence-corrected chi connectivity index (χ3v) is 3.99. The molecule has 0 unspecified atom stereocenters. The van der Waals surface area contributed by atoms with Crippen molar-refractivity contribution >= 4 is 22.9 Å². The first-order chi connectivity index (χ1) is 10.1. The molecule has 0 N–H and O–H groups in total. The van der Waals surface area contributed by atoms with E-state index in [2.05, 4.69) is 74.7 Å². The topological polar surface area (TPSA) is 15.6 Å². The molecule has 0 aliphatic carbocycles. The number of para-hydroxylation sites is 1. The normalized spacial score (nSPS) is 14.0. The van der Waals surface area contributed by atoms with Crippen LogP contribution >= 0.6 is 0 Å². The SMILES string of the molecule is C=C1c2c(C)cccc2N=C(CC)N1c1ccccc1C. The zero-order chi connectivity index (χ0) is 15.0. The molecule has 0 spiro atoms. The quantitative estimate of drug-likeness (QED) is 0.733. The van der Waals surface area contributed by atoms with E-state index in [9.17, 15) is 0 Å². The standard InChI is InChI=1S/C19H20N2/c1-5-18-20-16-11-8-10-14(3)19(16)15(4)21(18)17-12-7-6-9-13(17)2/h6-12H,4-5H2,1-3H3. The highest BCUT2D eigenvalue weighted by atomic mass is 15.2. The fourth-order valence-corrected chi connectivity index (χ4v) is 2.91. The number of rotatable bonds is 2. The van der Waals surface area contributed by atoms with Gasteiger partial charge in [0.05, 0.1) is 11.4 Å². The lowest BCUT2D eigenvalue weighted by Crippen LogP contribution is -2.31. The average Bonchev–Trinajstić information content (AvgIpc) is 2.48. The lowest BCUT2D eigenvalue weighted by atomic mass is 9.99. The Balaban J connectivity index is 2.22. The first-order valence-electron chi connectivity index (χ1n) is 7.35. The Bertz CT molecular complexity index is 741. The summed E-state index contributed by atoms with van der Waals surface area (Å²) in [5, 5.41) is 0. The van der Waals surface area contributed by atoms with Gasteiger partial charge in [-0.05, 0) is 37.1 Å². The van der Waals surface area contributed by atoms with Crippen molar-refractivity contribution < 1.29 is 0 Å². The van der Waals surface area contributed by atoms with Gasteiger partial charge in [0, 0.05) is 17.7 Å². The Labute approximate surface area is 126 Å². The number of aliphatic imine (C=N–C) groups is 1. The minimum absolute atomic E-state index is 0.876. The third-order valence-electron chi connectivity index (χ3n) is 3.99. The summed E-state index contributed by atoms with van der Waals surface area (Å²) in [5.74, 6) is 1.05. The van der Waals surface area contributed by atoms with Gasteiger partial charge in [-0.25, -0.2) is 4.99 Å². The smallest absolute Gasteiger partial charge is 0.114 e. The highest BCUT2D eigenvalue weighted by Gasteiger charge is 2.25. The molecule has 2 heteroatoms. The van der Waals surface area contributed by atoms with E-state index in [1.54, 1.807) is 0 Å². The van der Waals surface area contributed by atoms with Gasteiger partial charge in [0.15, 0.2) is 0 Å². The van der Waals surface area contributed by atoms with Crippen molar-refractivity contribution in [3.63, 3.8) is 0 Å². The highest BCUT2D eigenvalue weighted by molar-refractivity contribution is 6.13. The molecule has 1 aliphatic rings. The van der Waals surface area contributed by atoms with Gasteiger partial charge in [0.2, 0.25) is 0 Å². The summed E-state index contributed by atoms with van der Waals surface area (Å²) in [6, 6.07) is 14.6. The molecule has 0 atom stereocenters. The fraction of sp³-hybridized carbons (Fsp3) is 0.211. The van der Waals surface area contributed by atoms with Gasteiger partial charge in [-0.15, -0.1) is 0 Å². The minimum atomic E-state index is 0.876. The number of amidine groups is 1. The van der Waals surface area contributed by atoms with E-state index in [4.69, 9.17) is 4.99 Å². The van der Waals surface area contributed by atoms with Gasteiger partial charge in [0.1, 0.15) is 5.84 Å². The number of anilines is 1. The van der Waals surface area contributed by atoms with Crippen LogP contribution in [0.3, 0.4) is 0 Å². The Morgan fingerprint density at radius 3 is 2.43 bits per heavy atom. The first-order valence-corrected chi connectivity index (χ1v) is 7.35. The summed E-state index contributed by atoms with van der Waals surface area (Å²) in [6.07, 6.45) is 0.876. The molecule has 1 aliphatic heterocycles. The summed E-state index contributed by atoms with van der Waals surface area (Å²) in [4.78, 5) is 7.05. The maximum absolute atomic E-state index is 4.86. The lowest BCUT2D eigenvalue weighted by Gasteiger charge is -2.34. The van der Waals surface area contributed by atoms with Crippen LogP contribution in [-0.4, -0.2) is 5.84 Å². The molecule has 0 fully saturated rings. The summed E-state index contributed by atoms with van der Waals surface area (Å²) in [5.41, 5.74) is 6.81. The van der Waals surface area contributed by atoms with E-state index in [0.29, 0.717) is 0 Å². The van der Waals surface area contributed by atoms with Crippen molar-refractivity contribution in [2.45, 2.75) is 27.2 Å². The van der Waals surface area contributed by atoms with Crippen LogP contribution in [0, 0.1) is 13.8 Å². The molecular formula is C19H20N2. The number of hydrogen-bond donors (Lipinski definition) is 0. The van der Waals surface area contributed by atoms with Crippen molar-refractivity contribution in [2.75, 3.05) is 4.90 Å². The highest BCUT2D eigenvalue weighted by Crippen LogP contribution is 2.39. The zero-order valence-electron chi connectivity index (χ0n) is 12.9. The molecule has 0 saturated carbocycles. The van der Waals surface area contributed by atoms with Crippen LogP contribution in [-0.2, 0) is 0 Å². The van der Waals surface area contributed by atoms with Crippen LogP contribution in [0.5, 0.6) is 0 Å². The van der Waals surface area contributed by atoms with Crippen molar-refractivity contribution in [2.24, 2.45) is 4.99 Å². The molecule has 2 nitrogen and oxygen atoms in total. The summed E-state index contributed by atoms with van der Waals surface area (Å²) < 4.78 is 0. The van der Waals surface area contributed by atoms with E-state index in [-0.39, 0.29) is 0 Å². The molecule has 0 amide bonds. The number of aryl methyl sites for hydroxylation is 2. The molecule has 2 aromatic carbocycles. The second kappa shape index (κ2) is 5.21. The molecule has 1 heterocycles. The fourth-order valence-electron chi connectivity index (χ4n) is 2.91. The van der Waals surface area contributed by atoms with Gasteiger partial charge < -0.3 is 0 Å². The predicted molar refractivity (Wildman–Crippen MR) is 91.3 cm³/mol. The van der Waals surface area contributed by atoms with Crippen LogP contribution in [0.15, 0.2) is 54.0 Å². The second-order valence-corrected chi connectivity index (χ2v) is 5.42. The lowest BCUT2D eigenvalue weighted by molar-refractivity contribution is 1.15. The molecule has 0 saturated heterocycles. The molecule has 2 aromatic rings. The number of fused-ring (bicyclic) bond motifs is 1. The minimum Gasteiger partial charge on any atom is -0.298 e. The van der Waals surface area contributed by atoms with Crippen molar-refractivity contribution in [3.8, 4) is 0 Å². The van der Waals surface area contributed by atoms with Crippen LogP contribution in [0.1, 0.15) is 30.0 Å². The number of nitrogens with zero attached hydrogens (tertiary/aromatic N) is 2. The Morgan fingerprint density at radius 2 is 1.71 bits per heavy atom. The van der Waals surface area contributed by atoms with Crippen LogP contribution in [0.4, 0.5) is 11.4 Å². The third kappa shape index (κ3) is 2.17. The zero-order valence-corrected chi connectivity index (χ0v) is 12.9. The van der Waals surface area contributed by atoms with Gasteiger partial charge >= 0.3 is 0 Å². The van der Waals surface area contributed by atoms with E-state index < -0.39 is 0 Å². The molecule has 0 radical (unpaired) electrons. The maximum atomic E-state index is 4.86. The van der Waals surface area contributed by atoms with Crippen molar-refractivity contribution in [1.82, 2.24) is 0 Å². The van der Waals surface area contributed by atoms with E-state index in [1.165, 1.54) is 11.1 Å². The van der Waals surface area contributed by atoms with Crippen LogP contribution in [0.25, 0.3) is 5.70 Å². The van der Waals surface area contributed by atoms with Crippen molar-refractivity contribution in [1.29, 1.82) is 0 Å². The monoisotopic (exact) mass is 276 g/mol. The molecule has 0 bridgehead atoms. The van der Waals surface area contributed by atoms with E-state index in [0.717, 1.165) is 34.9 Å². The van der Waals surface area contributed by atoms with Gasteiger partial charge in [-0.1, -0.05) is 43.8 Å². The summed E-state index contributed by atoms with van der Waals surface area (Å²) in [6.45, 7) is 10.7.